The van der Waals surface area contributed by atoms with Gasteiger partial charge in [0.05, 0.1) is 12.3 Å². The van der Waals surface area contributed by atoms with Crippen LogP contribution in [0.3, 0.4) is 0 Å². The number of nitrogens with two attached hydrogens (primary N) is 1. The second-order valence-electron chi connectivity index (χ2n) is 5.28. The largest absolute Gasteiger partial charge is 0.468 e. The SMILES string of the molecule is CC(C)N1CCCC[C@H](CN)[C@H]1c1ccco1. The summed E-state index contributed by atoms with van der Waals surface area (Å²) in [7, 11) is 0. The summed E-state index contributed by atoms with van der Waals surface area (Å²) in [5, 5.41) is 0. The highest BCUT2D eigenvalue weighted by atomic mass is 16.3. The lowest BCUT2D eigenvalue weighted by atomic mass is 9.92. The predicted octanol–water partition coefficient (Wildman–Crippen LogP) is 2.79. The zero-order chi connectivity index (χ0) is 12.3. The Morgan fingerprint density at radius 1 is 1.47 bits per heavy atom. The molecule has 0 bridgehead atoms. The highest BCUT2D eigenvalue weighted by Gasteiger charge is 2.33. The first-order chi connectivity index (χ1) is 8.24. The molecule has 3 heteroatoms. The van der Waals surface area contributed by atoms with E-state index in [2.05, 4.69) is 24.8 Å². The second kappa shape index (κ2) is 5.69. The molecule has 1 aromatic heterocycles. The summed E-state index contributed by atoms with van der Waals surface area (Å²) in [5.41, 5.74) is 5.96. The van der Waals surface area contributed by atoms with Crippen molar-refractivity contribution in [1.82, 2.24) is 4.90 Å². The van der Waals surface area contributed by atoms with Crippen LogP contribution in [0.5, 0.6) is 0 Å². The normalized spacial score (nSPS) is 27.3. The van der Waals surface area contributed by atoms with Gasteiger partial charge in [-0.3, -0.25) is 4.90 Å². The van der Waals surface area contributed by atoms with Gasteiger partial charge in [-0.15, -0.1) is 0 Å². The standard InChI is InChI=1S/C14H24N2O/c1-11(2)16-8-4-3-6-12(10-15)14(16)13-7-5-9-17-13/h5,7,9,11-12,14H,3-4,6,8,10,15H2,1-2H3/t12-,14+/m1/s1. The summed E-state index contributed by atoms with van der Waals surface area (Å²) in [5.74, 6) is 1.60. The zero-order valence-electron chi connectivity index (χ0n) is 10.9. The smallest absolute Gasteiger partial charge is 0.121 e. The molecule has 3 nitrogen and oxygen atoms in total. The van der Waals surface area contributed by atoms with Crippen LogP contribution in [0.2, 0.25) is 0 Å². The summed E-state index contributed by atoms with van der Waals surface area (Å²) in [6.45, 7) is 6.41. The first-order valence-electron chi connectivity index (χ1n) is 6.73. The van der Waals surface area contributed by atoms with Crippen molar-refractivity contribution in [2.45, 2.75) is 45.2 Å². The van der Waals surface area contributed by atoms with Crippen LogP contribution in [0.15, 0.2) is 22.8 Å². The molecule has 1 saturated heterocycles. The van der Waals surface area contributed by atoms with Gasteiger partial charge >= 0.3 is 0 Å². The van der Waals surface area contributed by atoms with Crippen molar-refractivity contribution in [3.63, 3.8) is 0 Å². The van der Waals surface area contributed by atoms with Crippen LogP contribution in [0, 0.1) is 5.92 Å². The minimum Gasteiger partial charge on any atom is -0.468 e. The molecule has 2 heterocycles. The first-order valence-corrected chi connectivity index (χ1v) is 6.73. The average Bonchev–Trinajstić information content (AvgIpc) is 2.74. The molecule has 17 heavy (non-hydrogen) atoms. The van der Waals surface area contributed by atoms with E-state index < -0.39 is 0 Å². The topological polar surface area (TPSA) is 42.4 Å². The molecule has 1 aliphatic heterocycles. The van der Waals surface area contributed by atoms with Crippen LogP contribution in [-0.4, -0.2) is 24.0 Å². The van der Waals surface area contributed by atoms with E-state index in [0.29, 0.717) is 18.0 Å². The Hall–Kier alpha value is -0.800. The summed E-state index contributed by atoms with van der Waals surface area (Å²) in [4.78, 5) is 2.54. The number of nitrogens with zero attached hydrogens (tertiary/aromatic N) is 1. The monoisotopic (exact) mass is 236 g/mol. The van der Waals surface area contributed by atoms with Crippen LogP contribution in [0.1, 0.15) is 44.9 Å². The Balaban J connectivity index is 2.28. The molecular weight excluding hydrogens is 212 g/mol. The van der Waals surface area contributed by atoms with Gasteiger partial charge in [0, 0.05) is 6.04 Å². The lowest BCUT2D eigenvalue weighted by Gasteiger charge is -2.36. The number of furan rings is 1. The molecule has 1 fully saturated rings. The number of hydrogen-bond donors (Lipinski definition) is 1. The quantitative estimate of drug-likeness (QED) is 0.877. The van der Waals surface area contributed by atoms with E-state index in [9.17, 15) is 0 Å². The molecule has 0 spiro atoms. The van der Waals surface area contributed by atoms with Crippen molar-refractivity contribution in [1.29, 1.82) is 0 Å². The number of rotatable bonds is 3. The van der Waals surface area contributed by atoms with Crippen molar-refractivity contribution in [2.24, 2.45) is 11.7 Å². The lowest BCUT2D eigenvalue weighted by Crippen LogP contribution is -2.39. The third-order valence-electron chi connectivity index (χ3n) is 3.85. The molecule has 2 atom stereocenters. The molecule has 0 unspecified atom stereocenters. The Morgan fingerprint density at radius 3 is 2.88 bits per heavy atom. The number of hydrogen-bond acceptors (Lipinski definition) is 3. The molecular formula is C14H24N2O. The van der Waals surface area contributed by atoms with Crippen molar-refractivity contribution in [2.75, 3.05) is 13.1 Å². The maximum Gasteiger partial charge on any atom is 0.121 e. The fourth-order valence-electron chi connectivity index (χ4n) is 2.95. The highest BCUT2D eigenvalue weighted by Crippen LogP contribution is 2.35. The van der Waals surface area contributed by atoms with Crippen molar-refractivity contribution >= 4 is 0 Å². The Morgan fingerprint density at radius 2 is 2.29 bits per heavy atom. The summed E-state index contributed by atoms with van der Waals surface area (Å²) >= 11 is 0. The average molecular weight is 236 g/mol. The molecule has 96 valence electrons. The fraction of sp³-hybridized carbons (Fsp3) is 0.714. The Bertz CT molecular complexity index is 321. The van der Waals surface area contributed by atoms with Gasteiger partial charge in [-0.2, -0.15) is 0 Å². The van der Waals surface area contributed by atoms with E-state index in [0.717, 1.165) is 18.8 Å². The van der Waals surface area contributed by atoms with Crippen LogP contribution < -0.4 is 5.73 Å². The molecule has 0 amide bonds. The van der Waals surface area contributed by atoms with Crippen LogP contribution in [0.25, 0.3) is 0 Å². The van der Waals surface area contributed by atoms with Gasteiger partial charge in [0.1, 0.15) is 5.76 Å². The molecule has 0 saturated carbocycles. The summed E-state index contributed by atoms with van der Waals surface area (Å²) < 4.78 is 5.64. The van der Waals surface area contributed by atoms with Gasteiger partial charge in [-0.1, -0.05) is 6.42 Å². The summed E-state index contributed by atoms with van der Waals surface area (Å²) in [6, 6.07) is 4.97. The molecule has 0 aliphatic carbocycles. The van der Waals surface area contributed by atoms with E-state index in [1.165, 1.54) is 19.3 Å². The Labute approximate surface area is 104 Å². The van der Waals surface area contributed by atoms with Crippen LogP contribution >= 0.6 is 0 Å². The number of likely N-dealkylation sites (tertiary alicyclic amines) is 1. The minimum absolute atomic E-state index is 0.359. The van der Waals surface area contributed by atoms with Gasteiger partial charge in [0.2, 0.25) is 0 Å². The van der Waals surface area contributed by atoms with E-state index in [4.69, 9.17) is 10.2 Å². The van der Waals surface area contributed by atoms with Gasteiger partial charge in [-0.25, -0.2) is 0 Å². The molecule has 0 radical (unpaired) electrons. The van der Waals surface area contributed by atoms with Gasteiger partial charge in [0.15, 0.2) is 0 Å². The molecule has 1 aliphatic rings. The highest BCUT2D eigenvalue weighted by molar-refractivity contribution is 5.08. The molecule has 0 aromatic carbocycles. The zero-order valence-corrected chi connectivity index (χ0v) is 10.9. The maximum atomic E-state index is 5.96. The van der Waals surface area contributed by atoms with E-state index in [1.54, 1.807) is 6.26 Å². The van der Waals surface area contributed by atoms with Crippen molar-refractivity contribution < 1.29 is 4.42 Å². The van der Waals surface area contributed by atoms with Gasteiger partial charge < -0.3 is 10.2 Å². The van der Waals surface area contributed by atoms with Crippen molar-refractivity contribution in [3.8, 4) is 0 Å². The summed E-state index contributed by atoms with van der Waals surface area (Å²) in [6.07, 6.45) is 5.53. The molecule has 2 rings (SSSR count). The first kappa shape index (κ1) is 12.7. The minimum atomic E-state index is 0.359. The van der Waals surface area contributed by atoms with E-state index in [1.807, 2.05) is 6.07 Å². The third-order valence-corrected chi connectivity index (χ3v) is 3.85. The lowest BCUT2D eigenvalue weighted by molar-refractivity contribution is 0.103. The van der Waals surface area contributed by atoms with Gasteiger partial charge in [-0.05, 0) is 57.8 Å². The van der Waals surface area contributed by atoms with E-state index >= 15 is 0 Å². The second-order valence-corrected chi connectivity index (χ2v) is 5.28. The molecule has 1 aromatic rings. The predicted molar refractivity (Wildman–Crippen MR) is 69.7 cm³/mol. The fourth-order valence-corrected chi connectivity index (χ4v) is 2.95. The maximum absolute atomic E-state index is 5.96. The van der Waals surface area contributed by atoms with Gasteiger partial charge in [0.25, 0.3) is 0 Å². The van der Waals surface area contributed by atoms with Crippen LogP contribution in [0.4, 0.5) is 0 Å². The van der Waals surface area contributed by atoms with E-state index in [-0.39, 0.29) is 0 Å². The third kappa shape index (κ3) is 2.72. The van der Waals surface area contributed by atoms with Crippen molar-refractivity contribution in [3.05, 3.63) is 24.2 Å². The molecule has 2 N–H and O–H groups in total. The Kier molecular flexibility index (Phi) is 4.24. The van der Waals surface area contributed by atoms with Crippen LogP contribution in [-0.2, 0) is 0 Å².